The number of aromatic hydroxyl groups is 1. The molecule has 0 aromatic heterocycles. The van der Waals surface area contributed by atoms with Crippen molar-refractivity contribution in [3.63, 3.8) is 0 Å². The molecule has 6 heteroatoms. The number of dihydropyridines is 1. The summed E-state index contributed by atoms with van der Waals surface area (Å²) in [5.74, 6) is -0.476. The van der Waals surface area contributed by atoms with E-state index in [-0.39, 0.29) is 29.6 Å². The third kappa shape index (κ3) is 1.43. The number of anilines is 1. The molecule has 0 saturated carbocycles. The summed E-state index contributed by atoms with van der Waals surface area (Å²) in [5, 5.41) is 13.3. The van der Waals surface area contributed by atoms with Crippen molar-refractivity contribution in [2.75, 3.05) is 12.4 Å². The van der Waals surface area contributed by atoms with Crippen molar-refractivity contribution in [3.8, 4) is 5.75 Å². The molecule has 24 heavy (non-hydrogen) atoms. The van der Waals surface area contributed by atoms with Gasteiger partial charge in [-0.25, -0.2) is 0 Å². The van der Waals surface area contributed by atoms with Gasteiger partial charge in [-0.15, -0.1) is 0 Å². The molecule has 6 nitrogen and oxygen atoms in total. The minimum absolute atomic E-state index is 0.123. The molecule has 1 fully saturated rings. The van der Waals surface area contributed by atoms with Gasteiger partial charge >= 0.3 is 0 Å². The molecule has 3 aliphatic heterocycles. The van der Waals surface area contributed by atoms with E-state index in [4.69, 9.17) is 0 Å². The number of rotatable bonds is 0. The van der Waals surface area contributed by atoms with Crippen LogP contribution in [0.1, 0.15) is 5.56 Å². The van der Waals surface area contributed by atoms with Crippen molar-refractivity contribution in [2.45, 2.75) is 12.1 Å². The number of amides is 2. The zero-order chi connectivity index (χ0) is 16.6. The first-order chi connectivity index (χ1) is 11.6. The van der Waals surface area contributed by atoms with E-state index in [9.17, 15) is 14.7 Å². The molecule has 0 radical (unpaired) electrons. The molecule has 0 spiro atoms. The van der Waals surface area contributed by atoms with Crippen molar-refractivity contribution in [3.05, 3.63) is 52.6 Å². The number of phenols is 1. The third-order valence-corrected chi connectivity index (χ3v) is 5.00. The highest BCUT2D eigenvalue weighted by molar-refractivity contribution is 6.29. The molecule has 1 aromatic rings. The van der Waals surface area contributed by atoms with Gasteiger partial charge in [0, 0.05) is 24.5 Å². The average molecular weight is 319 g/mol. The smallest absolute Gasteiger partial charge is 0.261 e. The van der Waals surface area contributed by atoms with Crippen LogP contribution in [0.4, 0.5) is 5.69 Å². The van der Waals surface area contributed by atoms with E-state index in [1.807, 2.05) is 6.08 Å². The Kier molecular flexibility index (Phi) is 2.34. The van der Waals surface area contributed by atoms with Crippen molar-refractivity contribution in [1.82, 2.24) is 4.90 Å². The van der Waals surface area contributed by atoms with E-state index >= 15 is 0 Å². The second kappa shape index (κ2) is 4.23. The Balaban J connectivity index is 1.88. The summed E-state index contributed by atoms with van der Waals surface area (Å²) in [7, 11) is 1.50. The van der Waals surface area contributed by atoms with E-state index < -0.39 is 0 Å². The number of likely N-dealkylation sites (N-methyl/N-ethyl adjacent to an activating group) is 1. The van der Waals surface area contributed by atoms with Gasteiger partial charge in [0.05, 0.1) is 23.2 Å². The van der Waals surface area contributed by atoms with Crippen molar-refractivity contribution >= 4 is 29.3 Å². The molecule has 118 valence electrons. The first kappa shape index (κ1) is 13.3. The fraction of sp³-hybridized carbons (Fsp3) is 0.167. The maximum Gasteiger partial charge on any atom is 0.261 e. The van der Waals surface area contributed by atoms with Crippen LogP contribution >= 0.6 is 0 Å². The van der Waals surface area contributed by atoms with Crippen molar-refractivity contribution in [2.24, 2.45) is 4.99 Å². The van der Waals surface area contributed by atoms with E-state index in [2.05, 4.69) is 10.3 Å². The maximum absolute atomic E-state index is 12.7. The topological polar surface area (TPSA) is 82.0 Å². The molecule has 1 aliphatic carbocycles. The van der Waals surface area contributed by atoms with Crippen LogP contribution < -0.4 is 5.32 Å². The van der Waals surface area contributed by atoms with Crippen molar-refractivity contribution < 1.29 is 14.7 Å². The second-order valence-electron chi connectivity index (χ2n) is 6.24. The molecule has 3 heterocycles. The number of hydrogen-bond acceptors (Lipinski definition) is 5. The van der Waals surface area contributed by atoms with Crippen LogP contribution in [0.3, 0.4) is 0 Å². The molecule has 0 bridgehead atoms. The Hall–Kier alpha value is -3.15. The molecule has 2 N–H and O–H groups in total. The number of phenolic OH excluding ortho intramolecular Hbond substituents is 1. The minimum atomic E-state index is -0.304. The number of hydrogen-bond donors (Lipinski definition) is 2. The molecular formula is C18H13N3O3. The molecule has 5 rings (SSSR count). The molecule has 4 aliphatic rings. The predicted octanol–water partition coefficient (Wildman–Crippen LogP) is 1.26. The van der Waals surface area contributed by atoms with Gasteiger partial charge in [-0.3, -0.25) is 19.5 Å². The molecular weight excluding hydrogens is 306 g/mol. The summed E-state index contributed by atoms with van der Waals surface area (Å²) >= 11 is 0. The maximum atomic E-state index is 12.7. The Labute approximate surface area is 137 Å². The number of allylic oxidation sites excluding steroid dienone is 1. The van der Waals surface area contributed by atoms with Crippen molar-refractivity contribution in [1.29, 1.82) is 0 Å². The fourth-order valence-electron chi connectivity index (χ4n) is 3.94. The molecule has 1 saturated heterocycles. The standard InChI is InChI=1S/C18H13N3O3/c1-21-17(23)13-9-3-2-6-19-15(9)16-12(14(13)18(21)24)10-7-8(22)4-5-11(10)20-16/h2-7,15-16,20,22H,1H3. The second-order valence-corrected chi connectivity index (χ2v) is 6.24. The average Bonchev–Trinajstić information content (AvgIpc) is 3.06. The summed E-state index contributed by atoms with van der Waals surface area (Å²) in [6.07, 6.45) is 5.35. The number of imide groups is 1. The summed E-state index contributed by atoms with van der Waals surface area (Å²) in [6, 6.07) is 4.53. The number of nitrogens with zero attached hydrogens (tertiary/aromatic N) is 2. The molecule has 2 amide bonds. The Bertz CT molecular complexity index is 968. The highest BCUT2D eigenvalue weighted by Gasteiger charge is 2.50. The quantitative estimate of drug-likeness (QED) is 0.557. The predicted molar refractivity (Wildman–Crippen MR) is 88.7 cm³/mol. The van der Waals surface area contributed by atoms with Gasteiger partial charge in [0.25, 0.3) is 11.8 Å². The zero-order valence-electron chi connectivity index (χ0n) is 12.8. The van der Waals surface area contributed by atoms with Gasteiger partial charge in [-0.05, 0) is 35.4 Å². The minimum Gasteiger partial charge on any atom is -0.508 e. The lowest BCUT2D eigenvalue weighted by atomic mass is 9.78. The van der Waals surface area contributed by atoms with Gasteiger partial charge < -0.3 is 10.4 Å². The van der Waals surface area contributed by atoms with Crippen LogP contribution in [-0.2, 0) is 9.59 Å². The van der Waals surface area contributed by atoms with Gasteiger partial charge in [-0.1, -0.05) is 6.08 Å². The van der Waals surface area contributed by atoms with E-state index in [0.717, 1.165) is 27.3 Å². The Morgan fingerprint density at radius 1 is 1.21 bits per heavy atom. The lowest BCUT2D eigenvalue weighted by Crippen LogP contribution is -2.36. The van der Waals surface area contributed by atoms with Crippen LogP contribution in [0.15, 0.2) is 52.1 Å². The first-order valence-electron chi connectivity index (χ1n) is 7.69. The highest BCUT2D eigenvalue weighted by Crippen LogP contribution is 2.49. The number of nitrogens with one attached hydrogen (secondary N) is 1. The summed E-state index contributed by atoms with van der Waals surface area (Å²) in [6.45, 7) is 0. The molecule has 2 unspecified atom stereocenters. The number of benzene rings is 1. The van der Waals surface area contributed by atoms with Crippen LogP contribution in [0.2, 0.25) is 0 Å². The third-order valence-electron chi connectivity index (χ3n) is 5.00. The lowest BCUT2D eigenvalue weighted by Gasteiger charge is -2.30. The largest absolute Gasteiger partial charge is 0.508 e. The molecule has 1 aromatic carbocycles. The van der Waals surface area contributed by atoms with Gasteiger partial charge in [0.15, 0.2) is 0 Å². The number of carbonyl (C=O) groups excluding carboxylic acids is 2. The highest BCUT2D eigenvalue weighted by atomic mass is 16.3. The van der Waals surface area contributed by atoms with E-state index in [1.165, 1.54) is 7.05 Å². The summed E-state index contributed by atoms with van der Waals surface area (Å²) in [5.41, 5.74) is 3.98. The van der Waals surface area contributed by atoms with E-state index in [0.29, 0.717) is 11.1 Å². The van der Waals surface area contributed by atoms with Gasteiger partial charge in [-0.2, -0.15) is 0 Å². The molecule has 2 atom stereocenters. The van der Waals surface area contributed by atoms with Crippen LogP contribution in [0.5, 0.6) is 5.75 Å². The van der Waals surface area contributed by atoms with Crippen LogP contribution in [0, 0.1) is 0 Å². The van der Waals surface area contributed by atoms with Crippen LogP contribution in [0.25, 0.3) is 5.57 Å². The first-order valence-corrected chi connectivity index (χ1v) is 7.69. The van der Waals surface area contributed by atoms with Gasteiger partial charge in [0.2, 0.25) is 0 Å². The normalized spacial score (nSPS) is 26.5. The number of aliphatic imine (C=N–C) groups is 1. The fourth-order valence-corrected chi connectivity index (χ4v) is 3.94. The number of likely N-dealkylation sites (tertiary alicyclic amines) is 1. The summed E-state index contributed by atoms with van der Waals surface area (Å²) < 4.78 is 0. The monoisotopic (exact) mass is 319 g/mol. The SMILES string of the molecule is CN1C(=O)C2=C3C=CC=NC3C3Nc4ccc(O)cc4C3=C2C1=O. The summed E-state index contributed by atoms with van der Waals surface area (Å²) in [4.78, 5) is 31.0. The lowest BCUT2D eigenvalue weighted by molar-refractivity contribution is -0.134. The van der Waals surface area contributed by atoms with E-state index in [1.54, 1.807) is 30.5 Å². The van der Waals surface area contributed by atoms with Gasteiger partial charge in [0.1, 0.15) is 5.75 Å². The zero-order valence-corrected chi connectivity index (χ0v) is 12.8. The van der Waals surface area contributed by atoms with Crippen LogP contribution in [-0.4, -0.2) is 47.2 Å². The Morgan fingerprint density at radius 3 is 2.83 bits per heavy atom. The Morgan fingerprint density at radius 2 is 2.00 bits per heavy atom. The number of carbonyl (C=O) groups is 2. The number of fused-ring (bicyclic) bond motifs is 6.